The molecule has 0 aliphatic heterocycles. The summed E-state index contributed by atoms with van der Waals surface area (Å²) in [5.74, 6) is -0.626. The van der Waals surface area contributed by atoms with E-state index in [1.165, 1.54) is 6.08 Å². The van der Waals surface area contributed by atoms with Gasteiger partial charge in [0.05, 0.1) is 11.0 Å². The highest BCUT2D eigenvalue weighted by Gasteiger charge is 2.25. The Morgan fingerprint density at radius 1 is 1.19 bits per heavy atom. The van der Waals surface area contributed by atoms with Crippen molar-refractivity contribution in [3.63, 3.8) is 0 Å². The Balaban J connectivity index is 1.41. The van der Waals surface area contributed by atoms with E-state index in [2.05, 4.69) is 15.4 Å². The van der Waals surface area contributed by atoms with E-state index >= 15 is 0 Å². The van der Waals surface area contributed by atoms with Gasteiger partial charge in [-0.15, -0.1) is 0 Å². The molecule has 0 saturated carbocycles. The summed E-state index contributed by atoms with van der Waals surface area (Å²) in [6, 6.07) is 10.9. The first-order valence-corrected chi connectivity index (χ1v) is 10.2. The quantitative estimate of drug-likeness (QED) is 0.361. The summed E-state index contributed by atoms with van der Waals surface area (Å²) in [6.45, 7) is 0.718. The Morgan fingerprint density at radius 3 is 2.87 bits per heavy atom. The van der Waals surface area contributed by atoms with Gasteiger partial charge in [-0.3, -0.25) is 9.78 Å². The van der Waals surface area contributed by atoms with Gasteiger partial charge in [-0.1, -0.05) is 11.6 Å². The molecule has 0 spiro atoms. The molecule has 31 heavy (non-hydrogen) atoms. The molecular formula is C23H17ClN4O3. The third-order valence-corrected chi connectivity index (χ3v) is 5.40. The third-order valence-electron chi connectivity index (χ3n) is 5.17. The van der Waals surface area contributed by atoms with E-state index in [1.807, 2.05) is 35.2 Å². The van der Waals surface area contributed by atoms with Crippen molar-refractivity contribution in [2.45, 2.75) is 19.4 Å². The Bertz CT molecular complexity index is 1360. The summed E-state index contributed by atoms with van der Waals surface area (Å²) >= 11 is 6.14. The van der Waals surface area contributed by atoms with E-state index in [-0.39, 0.29) is 12.2 Å². The molecule has 4 aromatic rings. The van der Waals surface area contributed by atoms with Crippen LogP contribution < -0.4 is 5.48 Å². The van der Waals surface area contributed by atoms with Crippen LogP contribution >= 0.6 is 11.6 Å². The van der Waals surface area contributed by atoms with Crippen LogP contribution in [-0.2, 0) is 16.2 Å². The summed E-state index contributed by atoms with van der Waals surface area (Å²) in [4.78, 5) is 39.2. The zero-order chi connectivity index (χ0) is 21.4. The van der Waals surface area contributed by atoms with Crippen molar-refractivity contribution in [1.29, 1.82) is 0 Å². The molecule has 8 heteroatoms. The number of halogens is 1. The maximum Gasteiger partial charge on any atom is 0.332 e. The van der Waals surface area contributed by atoms with Gasteiger partial charge in [-0.05, 0) is 42.8 Å². The molecule has 5 rings (SSSR count). The normalized spacial score (nSPS) is 12.8. The number of fused-ring (bicyclic) bond motifs is 2. The first kappa shape index (κ1) is 19.3. The molecule has 3 heterocycles. The number of hydrogen-bond donors (Lipinski definition) is 1. The van der Waals surface area contributed by atoms with E-state index in [4.69, 9.17) is 16.4 Å². The fourth-order valence-electron chi connectivity index (χ4n) is 3.72. The number of hydrogen-bond acceptors (Lipinski definition) is 6. The maximum atomic E-state index is 12.7. The molecule has 0 unspecified atom stereocenters. The van der Waals surface area contributed by atoms with Crippen LogP contribution in [0.5, 0.6) is 0 Å². The lowest BCUT2D eigenvalue weighted by Gasteiger charge is -2.18. The van der Waals surface area contributed by atoms with Crippen molar-refractivity contribution in [2.24, 2.45) is 0 Å². The number of ketones is 1. The summed E-state index contributed by atoms with van der Waals surface area (Å²) in [7, 11) is 0. The molecule has 7 nitrogen and oxygen atoms in total. The summed E-state index contributed by atoms with van der Waals surface area (Å²) in [6.07, 6.45) is 7.74. The van der Waals surface area contributed by atoms with Crippen LogP contribution in [0.1, 0.15) is 28.9 Å². The van der Waals surface area contributed by atoms with Crippen molar-refractivity contribution in [1.82, 2.24) is 20.0 Å². The average Bonchev–Trinajstić information content (AvgIpc) is 3.28. The Labute approximate surface area is 182 Å². The Kier molecular flexibility index (Phi) is 4.88. The van der Waals surface area contributed by atoms with Crippen molar-refractivity contribution < 1.29 is 14.4 Å². The standard InChI is InChI=1S/C23H17ClN4O3/c24-14-5-6-15-17(12-14)26-23-18(13-19(29)16-7-8-25-22(15)21(16)23)27-31-20(30)4-3-11-28-9-1-2-10-28/h1-2,5-10,12-13,27H,3-4,11H2. The first-order valence-electron chi connectivity index (χ1n) is 9.81. The molecule has 3 aromatic heterocycles. The Morgan fingerprint density at radius 2 is 2.03 bits per heavy atom. The molecule has 0 saturated heterocycles. The van der Waals surface area contributed by atoms with Crippen molar-refractivity contribution >= 4 is 50.9 Å². The van der Waals surface area contributed by atoms with E-state index in [0.29, 0.717) is 44.8 Å². The molecule has 1 N–H and O–H groups in total. The van der Waals surface area contributed by atoms with Gasteiger partial charge in [0.25, 0.3) is 0 Å². The smallest absolute Gasteiger partial charge is 0.332 e. The second kappa shape index (κ2) is 7.85. The van der Waals surface area contributed by atoms with Gasteiger partial charge in [0.2, 0.25) is 0 Å². The van der Waals surface area contributed by atoms with Crippen LogP contribution in [0.2, 0.25) is 5.02 Å². The third kappa shape index (κ3) is 3.64. The molecule has 0 fully saturated rings. The van der Waals surface area contributed by atoms with Crippen LogP contribution in [0, 0.1) is 0 Å². The monoisotopic (exact) mass is 432 g/mol. The molecule has 154 valence electrons. The molecule has 1 aromatic carbocycles. The zero-order valence-corrected chi connectivity index (χ0v) is 17.1. The van der Waals surface area contributed by atoms with Gasteiger partial charge in [-0.2, -0.15) is 0 Å². The number of aromatic nitrogens is 3. The van der Waals surface area contributed by atoms with E-state index < -0.39 is 5.97 Å². The van der Waals surface area contributed by atoms with Gasteiger partial charge in [0.1, 0.15) is 11.4 Å². The van der Waals surface area contributed by atoms with E-state index in [1.54, 1.807) is 24.4 Å². The highest BCUT2D eigenvalue weighted by atomic mass is 35.5. The summed E-state index contributed by atoms with van der Waals surface area (Å²) in [5, 5.41) is 1.96. The van der Waals surface area contributed by atoms with Crippen LogP contribution in [0.25, 0.3) is 27.5 Å². The number of aryl methyl sites for hydroxylation is 1. The maximum absolute atomic E-state index is 12.7. The summed E-state index contributed by atoms with van der Waals surface area (Å²) in [5.41, 5.74) is 5.24. The number of nitrogens with zero attached hydrogens (tertiary/aromatic N) is 3. The molecule has 0 atom stereocenters. The van der Waals surface area contributed by atoms with Crippen LogP contribution in [0.3, 0.4) is 0 Å². The topological polar surface area (TPSA) is 86.1 Å². The minimum Gasteiger partial charge on any atom is -0.354 e. The zero-order valence-electron chi connectivity index (χ0n) is 16.3. The lowest BCUT2D eigenvalue weighted by Crippen LogP contribution is -2.22. The predicted molar refractivity (Wildman–Crippen MR) is 117 cm³/mol. The van der Waals surface area contributed by atoms with Gasteiger partial charge in [0.15, 0.2) is 5.78 Å². The number of allylic oxidation sites excluding steroid dienone is 1. The minimum absolute atomic E-state index is 0.207. The van der Waals surface area contributed by atoms with Gasteiger partial charge in [0, 0.05) is 59.0 Å². The lowest BCUT2D eigenvalue weighted by atomic mass is 9.95. The van der Waals surface area contributed by atoms with Crippen LogP contribution in [0.4, 0.5) is 0 Å². The fraction of sp³-hybridized carbons (Fsp3) is 0.130. The lowest BCUT2D eigenvalue weighted by molar-refractivity contribution is -0.148. The van der Waals surface area contributed by atoms with E-state index in [0.717, 1.165) is 11.9 Å². The number of carbonyl (C=O) groups is 2. The number of nitrogens with one attached hydrogen (secondary N) is 1. The molecule has 1 aliphatic carbocycles. The Hall–Kier alpha value is -3.71. The SMILES string of the molecule is O=C(CCCn1cccc1)ONC1=CC(=O)c2ccnc3c2c1nc1cc(Cl)ccc13. The van der Waals surface area contributed by atoms with Gasteiger partial charge >= 0.3 is 5.97 Å². The second-order valence-corrected chi connectivity index (χ2v) is 7.66. The van der Waals surface area contributed by atoms with Gasteiger partial charge < -0.3 is 9.40 Å². The largest absolute Gasteiger partial charge is 0.354 e. The number of rotatable bonds is 6. The number of pyridine rings is 2. The van der Waals surface area contributed by atoms with Crippen molar-refractivity contribution in [2.75, 3.05) is 0 Å². The van der Waals surface area contributed by atoms with Crippen molar-refractivity contribution in [3.05, 3.63) is 77.3 Å². The molecule has 0 radical (unpaired) electrons. The van der Waals surface area contributed by atoms with Crippen LogP contribution in [-0.4, -0.2) is 26.3 Å². The second-order valence-electron chi connectivity index (χ2n) is 7.23. The molecular weight excluding hydrogens is 416 g/mol. The molecule has 0 bridgehead atoms. The van der Waals surface area contributed by atoms with Crippen LogP contribution in [0.15, 0.2) is 61.1 Å². The molecule has 0 amide bonds. The average molecular weight is 433 g/mol. The van der Waals surface area contributed by atoms with Gasteiger partial charge in [-0.25, -0.2) is 15.3 Å². The molecule has 1 aliphatic rings. The predicted octanol–water partition coefficient (Wildman–Crippen LogP) is 4.30. The highest BCUT2D eigenvalue weighted by molar-refractivity contribution is 6.31. The highest BCUT2D eigenvalue weighted by Crippen LogP contribution is 2.34. The minimum atomic E-state index is -0.419. The van der Waals surface area contributed by atoms with Crippen molar-refractivity contribution in [3.8, 4) is 0 Å². The summed E-state index contributed by atoms with van der Waals surface area (Å²) < 4.78 is 1.99. The fourth-order valence-corrected chi connectivity index (χ4v) is 3.89. The number of carbonyl (C=O) groups excluding carboxylic acids is 2. The first-order chi connectivity index (χ1) is 15.1. The van der Waals surface area contributed by atoms with E-state index in [9.17, 15) is 9.59 Å². The number of benzene rings is 1. The number of hydroxylamine groups is 1.